The van der Waals surface area contributed by atoms with E-state index in [1.807, 2.05) is 24.3 Å². The van der Waals surface area contributed by atoms with Gasteiger partial charge < -0.3 is 19.1 Å². The molecule has 7 nitrogen and oxygen atoms in total. The Balaban J connectivity index is 1.81. The summed E-state index contributed by atoms with van der Waals surface area (Å²) < 4.78 is 13.4. The summed E-state index contributed by atoms with van der Waals surface area (Å²) in [6, 6.07) is 12.6. The normalized spacial score (nSPS) is 11.3. The number of azo groups is 1. The Hall–Kier alpha value is -2.87. The largest absolute Gasteiger partial charge is 0.497 e. The van der Waals surface area contributed by atoms with Crippen LogP contribution < -0.4 is 9.47 Å². The Morgan fingerprint density at radius 1 is 1.13 bits per heavy atom. The summed E-state index contributed by atoms with van der Waals surface area (Å²) in [7, 11) is 1.57. The molecular weight excluding hydrogens is 450 g/mol. The highest BCUT2D eigenvalue weighted by Crippen LogP contribution is 2.40. The first-order chi connectivity index (χ1) is 14.5. The number of unbranched alkanes of at least 4 members (excludes halogenated alkanes) is 2. The number of hydrogen-bond acceptors (Lipinski definition) is 5. The molecule has 3 rings (SSSR count). The Bertz CT molecular complexity index is 1040. The monoisotopic (exact) mass is 473 g/mol. The van der Waals surface area contributed by atoms with Gasteiger partial charge >= 0.3 is 5.91 Å². The van der Waals surface area contributed by atoms with Crippen LogP contribution in [0.5, 0.6) is 17.4 Å². The van der Waals surface area contributed by atoms with E-state index in [2.05, 4.69) is 33.1 Å². The zero-order valence-corrected chi connectivity index (χ0v) is 18.6. The average Bonchev–Trinajstić information content (AvgIpc) is 3.02. The zero-order chi connectivity index (χ0) is 21.5. The minimum atomic E-state index is -0.549. The number of carbonyl (C=O) groups is 1. The standard InChI is InChI=1S/C22H24BrN3O4/c1-3-4-5-12-26-19-11-10-17(29-2)13-18(19)21(22(26)28)25-24-20(27)14-30-16-8-6-15(23)7-9-16/h6-11,13,28H,3-5,12,14H2,1-2H3. The van der Waals surface area contributed by atoms with Crippen molar-refractivity contribution in [1.29, 1.82) is 0 Å². The number of aromatic hydroxyl groups is 1. The van der Waals surface area contributed by atoms with Crippen molar-refractivity contribution in [2.24, 2.45) is 10.2 Å². The Morgan fingerprint density at radius 2 is 1.87 bits per heavy atom. The van der Waals surface area contributed by atoms with Crippen molar-refractivity contribution in [2.45, 2.75) is 32.7 Å². The summed E-state index contributed by atoms with van der Waals surface area (Å²) in [5.41, 5.74) is 1.06. The van der Waals surface area contributed by atoms with E-state index in [1.165, 1.54) is 0 Å². The Morgan fingerprint density at radius 3 is 2.57 bits per heavy atom. The van der Waals surface area contributed by atoms with Crippen LogP contribution in [-0.2, 0) is 11.3 Å². The lowest BCUT2D eigenvalue weighted by atomic mass is 10.2. The lowest BCUT2D eigenvalue weighted by Crippen LogP contribution is -2.07. The number of benzene rings is 2. The highest BCUT2D eigenvalue weighted by atomic mass is 79.9. The minimum absolute atomic E-state index is 0.0141. The van der Waals surface area contributed by atoms with Crippen LogP contribution in [0.15, 0.2) is 57.2 Å². The van der Waals surface area contributed by atoms with Crippen LogP contribution in [-0.4, -0.2) is 29.3 Å². The van der Waals surface area contributed by atoms with Crippen LogP contribution in [0.3, 0.4) is 0 Å². The molecule has 0 aliphatic rings. The predicted molar refractivity (Wildman–Crippen MR) is 119 cm³/mol. The third-order valence-corrected chi connectivity index (χ3v) is 5.17. The van der Waals surface area contributed by atoms with Crippen molar-refractivity contribution in [3.63, 3.8) is 0 Å². The maximum Gasteiger partial charge on any atom is 0.302 e. The number of hydrogen-bond donors (Lipinski definition) is 1. The molecule has 0 aliphatic heterocycles. The molecule has 0 spiro atoms. The fraction of sp³-hybridized carbons (Fsp3) is 0.318. The maximum absolute atomic E-state index is 12.1. The quantitative estimate of drug-likeness (QED) is 0.305. The number of carbonyl (C=O) groups excluding carboxylic acids is 1. The van der Waals surface area contributed by atoms with Crippen molar-refractivity contribution in [2.75, 3.05) is 13.7 Å². The highest BCUT2D eigenvalue weighted by molar-refractivity contribution is 9.10. The van der Waals surface area contributed by atoms with Crippen LogP contribution in [0.1, 0.15) is 26.2 Å². The van der Waals surface area contributed by atoms with Crippen LogP contribution in [0, 0.1) is 0 Å². The number of rotatable bonds is 9. The molecule has 1 aromatic heterocycles. The van der Waals surface area contributed by atoms with Gasteiger partial charge in [-0.25, -0.2) is 0 Å². The van der Waals surface area contributed by atoms with Crippen molar-refractivity contribution >= 4 is 38.4 Å². The van der Waals surface area contributed by atoms with Gasteiger partial charge in [0.1, 0.15) is 11.5 Å². The van der Waals surface area contributed by atoms with Gasteiger partial charge in [0.25, 0.3) is 0 Å². The first-order valence-electron chi connectivity index (χ1n) is 9.75. The molecule has 1 amide bonds. The molecule has 30 heavy (non-hydrogen) atoms. The van der Waals surface area contributed by atoms with Gasteiger partial charge in [-0.1, -0.05) is 35.7 Å². The topological polar surface area (TPSA) is 85.4 Å². The fourth-order valence-electron chi connectivity index (χ4n) is 3.08. The first-order valence-corrected chi connectivity index (χ1v) is 10.5. The van der Waals surface area contributed by atoms with Gasteiger partial charge in [-0.3, -0.25) is 4.79 Å². The molecule has 2 aromatic carbocycles. The molecule has 0 saturated heterocycles. The van der Waals surface area contributed by atoms with Crippen LogP contribution >= 0.6 is 15.9 Å². The van der Waals surface area contributed by atoms with Crippen molar-refractivity contribution < 1.29 is 19.4 Å². The molecule has 0 radical (unpaired) electrons. The van der Waals surface area contributed by atoms with Crippen molar-refractivity contribution in [1.82, 2.24) is 4.57 Å². The molecule has 1 N–H and O–H groups in total. The third kappa shape index (κ3) is 5.18. The molecular formula is C22H24BrN3O4. The molecule has 1 heterocycles. The smallest absolute Gasteiger partial charge is 0.302 e. The Kier molecular flexibility index (Phi) is 7.46. The van der Waals surface area contributed by atoms with E-state index in [-0.39, 0.29) is 18.2 Å². The van der Waals surface area contributed by atoms with Gasteiger partial charge in [-0.05, 0) is 48.9 Å². The zero-order valence-electron chi connectivity index (χ0n) is 17.0. The van der Waals surface area contributed by atoms with E-state index in [0.29, 0.717) is 23.4 Å². The summed E-state index contributed by atoms with van der Waals surface area (Å²) in [5, 5.41) is 19.2. The molecule has 3 aromatic rings. The van der Waals surface area contributed by atoms with Crippen LogP contribution in [0.25, 0.3) is 10.9 Å². The van der Waals surface area contributed by atoms with Gasteiger partial charge in [0, 0.05) is 16.4 Å². The summed E-state index contributed by atoms with van der Waals surface area (Å²) >= 11 is 3.34. The van der Waals surface area contributed by atoms with Gasteiger partial charge in [0.2, 0.25) is 5.88 Å². The van der Waals surface area contributed by atoms with Crippen LogP contribution in [0.2, 0.25) is 0 Å². The first kappa shape index (κ1) is 21.8. The molecule has 0 atom stereocenters. The summed E-state index contributed by atoms with van der Waals surface area (Å²) in [4.78, 5) is 12.1. The van der Waals surface area contributed by atoms with Gasteiger partial charge in [0.05, 0.1) is 12.6 Å². The SMILES string of the molecule is CCCCCn1c(O)c(N=NC(=O)COc2ccc(Br)cc2)c2cc(OC)ccc21. The molecule has 0 unspecified atom stereocenters. The number of nitrogens with zero attached hydrogens (tertiary/aromatic N) is 3. The fourth-order valence-corrected chi connectivity index (χ4v) is 3.35. The minimum Gasteiger partial charge on any atom is -0.497 e. The third-order valence-electron chi connectivity index (χ3n) is 4.64. The van der Waals surface area contributed by atoms with Crippen molar-refractivity contribution in [3.05, 3.63) is 46.9 Å². The number of aryl methyl sites for hydroxylation is 1. The van der Waals surface area contributed by atoms with E-state index in [9.17, 15) is 9.90 Å². The van der Waals surface area contributed by atoms with E-state index in [1.54, 1.807) is 29.9 Å². The molecule has 0 saturated carbocycles. The van der Waals surface area contributed by atoms with Gasteiger partial charge in [-0.15, -0.1) is 10.2 Å². The lowest BCUT2D eigenvalue weighted by Gasteiger charge is -2.06. The van der Waals surface area contributed by atoms with Gasteiger partial charge in [-0.2, -0.15) is 0 Å². The lowest BCUT2D eigenvalue weighted by molar-refractivity contribution is -0.120. The number of fused-ring (bicyclic) bond motifs is 1. The van der Waals surface area contributed by atoms with E-state index < -0.39 is 5.91 Å². The molecule has 0 aliphatic carbocycles. The second kappa shape index (κ2) is 10.2. The maximum atomic E-state index is 12.1. The number of aromatic nitrogens is 1. The van der Waals surface area contributed by atoms with Crippen molar-refractivity contribution in [3.8, 4) is 17.4 Å². The summed E-state index contributed by atoms with van der Waals surface area (Å²) in [5.74, 6) is 0.628. The number of ether oxygens (including phenoxy) is 2. The summed E-state index contributed by atoms with van der Waals surface area (Å²) in [6.45, 7) is 2.53. The molecule has 0 fully saturated rings. The number of halogens is 1. The van der Waals surface area contributed by atoms with Gasteiger partial charge in [0.15, 0.2) is 12.3 Å². The Labute approximate surface area is 183 Å². The average molecular weight is 474 g/mol. The summed E-state index contributed by atoms with van der Waals surface area (Å²) in [6.07, 6.45) is 3.06. The van der Waals surface area contributed by atoms with Crippen LogP contribution in [0.4, 0.5) is 5.69 Å². The number of amides is 1. The molecule has 158 valence electrons. The molecule has 0 bridgehead atoms. The number of methoxy groups -OCH3 is 1. The van der Waals surface area contributed by atoms with E-state index in [0.717, 1.165) is 29.3 Å². The highest BCUT2D eigenvalue weighted by Gasteiger charge is 2.17. The van der Waals surface area contributed by atoms with E-state index in [4.69, 9.17) is 9.47 Å². The second-order valence-corrected chi connectivity index (χ2v) is 7.67. The second-order valence-electron chi connectivity index (χ2n) is 6.75. The van der Waals surface area contributed by atoms with E-state index >= 15 is 0 Å². The molecule has 8 heteroatoms. The predicted octanol–water partition coefficient (Wildman–Crippen LogP) is 6.00.